The maximum absolute atomic E-state index is 12.3. The SMILES string of the molecule is CCC(C)C(=O)C1(C)CCN(C(C)C)CC1. The highest BCUT2D eigenvalue weighted by Gasteiger charge is 2.38. The summed E-state index contributed by atoms with van der Waals surface area (Å²) >= 11 is 0. The van der Waals surface area contributed by atoms with Crippen molar-refractivity contribution in [1.29, 1.82) is 0 Å². The van der Waals surface area contributed by atoms with E-state index in [4.69, 9.17) is 0 Å². The van der Waals surface area contributed by atoms with Gasteiger partial charge in [-0.1, -0.05) is 20.8 Å². The van der Waals surface area contributed by atoms with Gasteiger partial charge in [0.15, 0.2) is 0 Å². The number of likely N-dealkylation sites (tertiary alicyclic amines) is 1. The Labute approximate surface area is 100 Å². The van der Waals surface area contributed by atoms with Gasteiger partial charge in [0.2, 0.25) is 0 Å². The maximum atomic E-state index is 12.3. The van der Waals surface area contributed by atoms with Gasteiger partial charge in [0, 0.05) is 17.4 Å². The molecule has 1 saturated heterocycles. The van der Waals surface area contributed by atoms with Gasteiger partial charge in [0.25, 0.3) is 0 Å². The minimum absolute atomic E-state index is 0.0547. The van der Waals surface area contributed by atoms with Crippen LogP contribution in [0.15, 0.2) is 0 Å². The molecule has 0 aromatic heterocycles. The summed E-state index contributed by atoms with van der Waals surface area (Å²) < 4.78 is 0. The van der Waals surface area contributed by atoms with E-state index in [2.05, 4.69) is 39.5 Å². The number of hydrogen-bond acceptors (Lipinski definition) is 2. The number of piperidine rings is 1. The van der Waals surface area contributed by atoms with Gasteiger partial charge in [-0.3, -0.25) is 4.79 Å². The molecule has 0 aliphatic carbocycles. The van der Waals surface area contributed by atoms with Gasteiger partial charge in [-0.2, -0.15) is 0 Å². The number of carbonyl (C=O) groups excluding carboxylic acids is 1. The topological polar surface area (TPSA) is 20.3 Å². The zero-order valence-corrected chi connectivity index (χ0v) is 11.5. The third kappa shape index (κ3) is 2.85. The van der Waals surface area contributed by atoms with Crippen LogP contribution in [-0.4, -0.2) is 29.8 Å². The molecule has 1 heterocycles. The van der Waals surface area contributed by atoms with Gasteiger partial charge in [0.05, 0.1) is 0 Å². The van der Waals surface area contributed by atoms with Crippen molar-refractivity contribution in [2.45, 2.75) is 59.9 Å². The number of ketones is 1. The second-order valence-corrected chi connectivity index (χ2v) is 5.86. The quantitative estimate of drug-likeness (QED) is 0.732. The van der Waals surface area contributed by atoms with E-state index in [1.165, 1.54) is 0 Å². The van der Waals surface area contributed by atoms with Crippen molar-refractivity contribution in [3.63, 3.8) is 0 Å². The van der Waals surface area contributed by atoms with Crippen LogP contribution in [0.3, 0.4) is 0 Å². The number of Topliss-reactive ketones (excluding diaryl/α,β-unsaturated/α-hetero) is 1. The number of carbonyl (C=O) groups is 1. The van der Waals surface area contributed by atoms with Crippen molar-refractivity contribution in [2.75, 3.05) is 13.1 Å². The van der Waals surface area contributed by atoms with Crippen LogP contribution >= 0.6 is 0 Å². The average molecular weight is 225 g/mol. The smallest absolute Gasteiger partial charge is 0.141 e. The van der Waals surface area contributed by atoms with Crippen LogP contribution < -0.4 is 0 Å². The van der Waals surface area contributed by atoms with Gasteiger partial charge >= 0.3 is 0 Å². The van der Waals surface area contributed by atoms with Crippen LogP contribution in [0.2, 0.25) is 0 Å². The lowest BCUT2D eigenvalue weighted by molar-refractivity contribution is -0.134. The Kier molecular flexibility index (Phi) is 4.54. The van der Waals surface area contributed by atoms with E-state index in [-0.39, 0.29) is 11.3 Å². The van der Waals surface area contributed by atoms with E-state index >= 15 is 0 Å². The van der Waals surface area contributed by atoms with Crippen LogP contribution in [-0.2, 0) is 4.79 Å². The molecule has 0 radical (unpaired) electrons. The second kappa shape index (κ2) is 5.31. The van der Waals surface area contributed by atoms with Crippen molar-refractivity contribution < 1.29 is 4.79 Å². The molecule has 94 valence electrons. The van der Waals surface area contributed by atoms with Gasteiger partial charge in [0.1, 0.15) is 5.78 Å². The highest BCUT2D eigenvalue weighted by molar-refractivity contribution is 5.86. The van der Waals surface area contributed by atoms with E-state index < -0.39 is 0 Å². The predicted molar refractivity (Wildman–Crippen MR) is 68.5 cm³/mol. The number of hydrogen-bond donors (Lipinski definition) is 0. The molecule has 1 fully saturated rings. The molecular weight excluding hydrogens is 198 g/mol. The van der Waals surface area contributed by atoms with E-state index in [9.17, 15) is 4.79 Å². The zero-order chi connectivity index (χ0) is 12.3. The second-order valence-electron chi connectivity index (χ2n) is 5.86. The van der Waals surface area contributed by atoms with Crippen molar-refractivity contribution >= 4 is 5.78 Å². The molecule has 1 unspecified atom stereocenters. The summed E-state index contributed by atoms with van der Waals surface area (Å²) in [4.78, 5) is 14.8. The summed E-state index contributed by atoms with van der Waals surface area (Å²) in [5.41, 5.74) is -0.0547. The van der Waals surface area contributed by atoms with E-state index in [1.807, 2.05) is 0 Å². The molecule has 0 N–H and O–H groups in total. The summed E-state index contributed by atoms with van der Waals surface area (Å²) in [6.07, 6.45) is 3.05. The standard InChI is InChI=1S/C14H27NO/c1-6-12(4)13(16)14(5)7-9-15(10-8-14)11(2)3/h11-12H,6-10H2,1-5H3. The molecule has 0 aromatic carbocycles. The molecule has 2 nitrogen and oxygen atoms in total. The molecule has 0 saturated carbocycles. The first-order chi connectivity index (χ1) is 7.40. The molecule has 1 aliphatic heterocycles. The van der Waals surface area contributed by atoms with Gasteiger partial charge in [-0.15, -0.1) is 0 Å². The molecule has 1 aliphatic rings. The summed E-state index contributed by atoms with van der Waals surface area (Å²) in [5, 5.41) is 0. The Bertz CT molecular complexity index is 239. The van der Waals surface area contributed by atoms with Crippen LogP contribution in [0.5, 0.6) is 0 Å². The molecule has 0 bridgehead atoms. The van der Waals surface area contributed by atoms with Crippen molar-refractivity contribution in [3.05, 3.63) is 0 Å². The molecule has 0 amide bonds. The number of rotatable bonds is 4. The average Bonchev–Trinajstić information content (AvgIpc) is 2.27. The first-order valence-electron chi connectivity index (χ1n) is 6.69. The van der Waals surface area contributed by atoms with Crippen LogP contribution in [0.4, 0.5) is 0 Å². The Morgan fingerprint density at radius 3 is 2.12 bits per heavy atom. The molecule has 16 heavy (non-hydrogen) atoms. The zero-order valence-electron chi connectivity index (χ0n) is 11.5. The summed E-state index contributed by atoms with van der Waals surface area (Å²) in [6.45, 7) is 13.0. The minimum atomic E-state index is -0.0547. The van der Waals surface area contributed by atoms with Crippen LogP contribution in [0.1, 0.15) is 53.9 Å². The Balaban J connectivity index is 2.59. The molecule has 1 atom stereocenters. The first kappa shape index (κ1) is 13.7. The summed E-state index contributed by atoms with van der Waals surface area (Å²) in [5.74, 6) is 0.717. The molecule has 0 spiro atoms. The van der Waals surface area contributed by atoms with Crippen LogP contribution in [0.25, 0.3) is 0 Å². The summed E-state index contributed by atoms with van der Waals surface area (Å²) in [7, 11) is 0. The van der Waals surface area contributed by atoms with Crippen molar-refractivity contribution in [2.24, 2.45) is 11.3 Å². The lowest BCUT2D eigenvalue weighted by Gasteiger charge is -2.41. The van der Waals surface area contributed by atoms with Gasteiger partial charge in [-0.25, -0.2) is 0 Å². The highest BCUT2D eigenvalue weighted by atomic mass is 16.1. The Morgan fingerprint density at radius 2 is 1.75 bits per heavy atom. The predicted octanol–water partition coefficient (Wildman–Crippen LogP) is 3.11. The largest absolute Gasteiger partial charge is 0.301 e. The Hall–Kier alpha value is -0.370. The Morgan fingerprint density at radius 1 is 1.25 bits per heavy atom. The van der Waals surface area contributed by atoms with E-state index in [0.29, 0.717) is 11.8 Å². The fraction of sp³-hybridized carbons (Fsp3) is 0.929. The fourth-order valence-electron chi connectivity index (χ4n) is 2.56. The third-order valence-corrected chi connectivity index (χ3v) is 4.29. The third-order valence-electron chi connectivity index (χ3n) is 4.29. The van der Waals surface area contributed by atoms with Gasteiger partial charge in [-0.05, 0) is 46.2 Å². The minimum Gasteiger partial charge on any atom is -0.301 e. The highest BCUT2D eigenvalue weighted by Crippen LogP contribution is 2.35. The normalized spacial score (nSPS) is 23.4. The molecule has 1 rings (SSSR count). The molecular formula is C14H27NO. The van der Waals surface area contributed by atoms with Crippen molar-refractivity contribution in [3.8, 4) is 0 Å². The maximum Gasteiger partial charge on any atom is 0.141 e. The van der Waals surface area contributed by atoms with E-state index in [0.717, 1.165) is 32.4 Å². The van der Waals surface area contributed by atoms with Crippen LogP contribution in [0, 0.1) is 11.3 Å². The first-order valence-corrected chi connectivity index (χ1v) is 6.69. The fourth-order valence-corrected chi connectivity index (χ4v) is 2.56. The lowest BCUT2D eigenvalue weighted by Crippen LogP contribution is -2.46. The monoisotopic (exact) mass is 225 g/mol. The lowest BCUT2D eigenvalue weighted by atomic mass is 9.72. The van der Waals surface area contributed by atoms with Gasteiger partial charge < -0.3 is 4.90 Å². The number of nitrogens with zero attached hydrogens (tertiary/aromatic N) is 1. The molecule has 0 aromatic rings. The van der Waals surface area contributed by atoms with E-state index in [1.54, 1.807) is 0 Å². The molecule has 2 heteroatoms. The van der Waals surface area contributed by atoms with Crippen molar-refractivity contribution in [1.82, 2.24) is 4.90 Å². The summed E-state index contributed by atoms with van der Waals surface area (Å²) in [6, 6.07) is 0.614.